The minimum atomic E-state index is -0.452. The Morgan fingerprint density at radius 1 is 1.61 bits per heavy atom. The molecule has 0 amide bonds. The van der Waals surface area contributed by atoms with Crippen molar-refractivity contribution in [3.05, 3.63) is 28.5 Å². The van der Waals surface area contributed by atoms with E-state index in [1.165, 1.54) is 0 Å². The number of fused-ring (bicyclic) bond motifs is 1. The number of hydrogen-bond donors (Lipinski definition) is 3. The first-order chi connectivity index (χ1) is 8.15. The van der Waals surface area contributed by atoms with Gasteiger partial charge in [-0.2, -0.15) is 0 Å². The monoisotopic (exact) mass is 344 g/mol. The Kier molecular flexibility index (Phi) is 4.90. The van der Waals surface area contributed by atoms with Crippen molar-refractivity contribution in [2.45, 2.75) is 6.92 Å². The van der Waals surface area contributed by atoms with E-state index in [0.29, 0.717) is 30.2 Å². The molecule has 102 valence electrons. The summed E-state index contributed by atoms with van der Waals surface area (Å²) in [4.78, 5) is 0. The molecule has 0 aromatic heterocycles. The van der Waals surface area contributed by atoms with Crippen LogP contribution in [0.25, 0.3) is 5.53 Å². The van der Waals surface area contributed by atoms with E-state index >= 15 is 0 Å². The maximum absolute atomic E-state index is 14.0. The molecule has 0 radical (unpaired) electrons. The van der Waals surface area contributed by atoms with Gasteiger partial charge in [0.1, 0.15) is 24.0 Å². The van der Waals surface area contributed by atoms with Crippen LogP contribution in [0.1, 0.15) is 11.1 Å². The number of ether oxygens (including phenoxy) is 1. The number of amidine groups is 1. The van der Waals surface area contributed by atoms with E-state index in [1.807, 2.05) is 0 Å². The van der Waals surface area contributed by atoms with E-state index in [0.717, 1.165) is 0 Å². The molecule has 5 N–H and O–H groups in total. The molecule has 2 rings (SSSR count). The topological polar surface area (TPSA) is 99.8 Å². The fourth-order valence-electron chi connectivity index (χ4n) is 1.74. The number of benzene rings is 1. The van der Waals surface area contributed by atoms with Crippen LogP contribution < -0.4 is 21.6 Å². The Labute approximate surface area is 118 Å². The van der Waals surface area contributed by atoms with Gasteiger partial charge in [-0.3, -0.25) is 0 Å². The number of aryl methyl sites for hydroxylation is 1. The van der Waals surface area contributed by atoms with Crippen LogP contribution in [0.5, 0.6) is 5.75 Å². The molecule has 0 spiro atoms. The number of rotatable bonds is 2. The standard InChI is InChI=1S/C10H13FN5O.Pd/c1-5-4-6-9(14-2-3-17-6)7(8(5)11)10(12)15-16-13;/h4,14H,2-3,13H2,1H3,(H2,12,15);/q-1;. The Morgan fingerprint density at radius 2 is 2.33 bits per heavy atom. The number of anilines is 1. The summed E-state index contributed by atoms with van der Waals surface area (Å²) in [7, 11) is 0. The van der Waals surface area contributed by atoms with Crippen molar-refractivity contribution in [3.63, 3.8) is 0 Å². The molecule has 1 aromatic rings. The zero-order chi connectivity index (χ0) is 12.4. The molecule has 1 aliphatic heterocycles. The first-order valence-electron chi connectivity index (χ1n) is 5.08. The van der Waals surface area contributed by atoms with Crippen LogP contribution in [0.2, 0.25) is 0 Å². The number of nitrogens with one attached hydrogen (secondary N) is 1. The second-order valence-corrected chi connectivity index (χ2v) is 3.63. The van der Waals surface area contributed by atoms with Gasteiger partial charge in [0.25, 0.3) is 0 Å². The third-order valence-corrected chi connectivity index (χ3v) is 2.49. The molecule has 0 atom stereocenters. The van der Waals surface area contributed by atoms with Crippen LogP contribution in [0.3, 0.4) is 0 Å². The van der Waals surface area contributed by atoms with Gasteiger partial charge in [-0.05, 0) is 18.6 Å². The van der Waals surface area contributed by atoms with Gasteiger partial charge in [-0.25, -0.2) is 4.39 Å². The van der Waals surface area contributed by atoms with Gasteiger partial charge >= 0.3 is 0 Å². The molecule has 0 aliphatic carbocycles. The van der Waals surface area contributed by atoms with Crippen molar-refractivity contribution >= 4 is 11.5 Å². The Bertz CT molecular complexity index is 480. The molecular weight excluding hydrogens is 332 g/mol. The van der Waals surface area contributed by atoms with Gasteiger partial charge in [0.05, 0.1) is 11.3 Å². The zero-order valence-corrected chi connectivity index (χ0v) is 11.2. The first kappa shape index (κ1) is 14.7. The third kappa shape index (κ3) is 2.56. The summed E-state index contributed by atoms with van der Waals surface area (Å²) < 4.78 is 19.5. The predicted octanol–water partition coefficient (Wildman–Crippen LogP) is 0.804. The van der Waals surface area contributed by atoms with Gasteiger partial charge in [-0.15, -0.1) is 0 Å². The maximum atomic E-state index is 14.0. The van der Waals surface area contributed by atoms with E-state index in [1.54, 1.807) is 13.0 Å². The van der Waals surface area contributed by atoms with Gasteiger partial charge < -0.3 is 32.3 Å². The fraction of sp³-hybridized carbons (Fsp3) is 0.300. The molecule has 1 aliphatic rings. The minimum Gasteiger partial charge on any atom is -0.541 e. The molecule has 8 heteroatoms. The fourth-order valence-corrected chi connectivity index (χ4v) is 1.74. The van der Waals surface area contributed by atoms with E-state index in [2.05, 4.69) is 16.0 Å². The first-order valence-corrected chi connectivity index (χ1v) is 5.08. The smallest absolute Gasteiger partial charge is 0.143 e. The van der Waals surface area contributed by atoms with Crippen LogP contribution in [0.15, 0.2) is 11.2 Å². The second-order valence-electron chi connectivity index (χ2n) is 3.63. The number of halogens is 1. The zero-order valence-electron chi connectivity index (χ0n) is 9.64. The van der Waals surface area contributed by atoms with Crippen LogP contribution in [0, 0.1) is 12.7 Å². The van der Waals surface area contributed by atoms with E-state index in [-0.39, 0.29) is 31.8 Å². The molecule has 0 unspecified atom stereocenters. The molecule has 1 aromatic carbocycles. The maximum Gasteiger partial charge on any atom is 0.143 e. The van der Waals surface area contributed by atoms with Crippen molar-refractivity contribution in [2.75, 3.05) is 18.5 Å². The molecule has 0 bridgehead atoms. The van der Waals surface area contributed by atoms with Crippen molar-refractivity contribution < 1.29 is 29.6 Å². The quantitative estimate of drug-likeness (QED) is 0.243. The van der Waals surface area contributed by atoms with Gasteiger partial charge in [0, 0.05) is 27.0 Å². The van der Waals surface area contributed by atoms with E-state index in [9.17, 15) is 4.39 Å². The van der Waals surface area contributed by atoms with E-state index in [4.69, 9.17) is 16.3 Å². The summed E-state index contributed by atoms with van der Waals surface area (Å²) in [5.41, 5.74) is 9.76. The van der Waals surface area contributed by atoms with Gasteiger partial charge in [0.2, 0.25) is 0 Å². The normalized spacial score (nSPS) is 13.8. The molecule has 1 heterocycles. The van der Waals surface area contributed by atoms with Crippen molar-refractivity contribution in [2.24, 2.45) is 16.7 Å². The Hall–Kier alpha value is -1.36. The van der Waals surface area contributed by atoms with Gasteiger partial charge in [0.15, 0.2) is 0 Å². The SMILES string of the molecule is Cc1cc2c(c(/C(N)=N/[N-]N)c1F)NCCO2.[Pd]. The van der Waals surface area contributed by atoms with E-state index < -0.39 is 5.82 Å². The molecular formula is C10H13FN5OPd-. The molecule has 0 fully saturated rings. The van der Waals surface area contributed by atoms with Crippen LogP contribution >= 0.6 is 0 Å². The summed E-state index contributed by atoms with van der Waals surface area (Å²) in [5, 5.41) is 6.50. The number of hydrogen-bond acceptors (Lipinski definition) is 4. The summed E-state index contributed by atoms with van der Waals surface area (Å²) in [6.45, 7) is 2.73. The molecule has 0 saturated carbocycles. The Morgan fingerprint density at radius 3 is 3.00 bits per heavy atom. The average molecular weight is 345 g/mol. The van der Waals surface area contributed by atoms with Gasteiger partial charge in [-0.1, -0.05) is 0 Å². The van der Waals surface area contributed by atoms with Crippen LogP contribution in [-0.4, -0.2) is 19.0 Å². The average Bonchev–Trinajstić information content (AvgIpc) is 2.31. The Balaban J connectivity index is 0.00000162. The minimum absolute atomic E-state index is 0. The van der Waals surface area contributed by atoms with Crippen molar-refractivity contribution in [1.82, 2.24) is 0 Å². The number of nitrogens with zero attached hydrogens (tertiary/aromatic N) is 2. The van der Waals surface area contributed by atoms with Crippen LogP contribution in [0.4, 0.5) is 10.1 Å². The third-order valence-electron chi connectivity index (χ3n) is 2.49. The van der Waals surface area contributed by atoms with Crippen molar-refractivity contribution in [1.29, 1.82) is 0 Å². The summed E-state index contributed by atoms with van der Waals surface area (Å²) in [5.74, 6) is 4.94. The largest absolute Gasteiger partial charge is 0.541 e. The molecule has 0 saturated heterocycles. The number of nitrogens with two attached hydrogens (primary N) is 2. The summed E-state index contributed by atoms with van der Waals surface area (Å²) in [6.07, 6.45) is 0. The predicted molar refractivity (Wildman–Crippen MR) is 63.4 cm³/mol. The molecule has 6 nitrogen and oxygen atoms in total. The summed E-state index contributed by atoms with van der Waals surface area (Å²) >= 11 is 0. The second kappa shape index (κ2) is 6.00. The molecule has 18 heavy (non-hydrogen) atoms. The summed E-state index contributed by atoms with van der Waals surface area (Å²) in [6, 6.07) is 1.62. The van der Waals surface area contributed by atoms with Crippen LogP contribution in [-0.2, 0) is 20.4 Å². The van der Waals surface area contributed by atoms with Crippen molar-refractivity contribution in [3.8, 4) is 5.75 Å².